The topological polar surface area (TPSA) is 54.8 Å². The van der Waals surface area contributed by atoms with Crippen molar-refractivity contribution in [3.63, 3.8) is 0 Å². The number of fused-ring (bicyclic) bond motifs is 6. The fraction of sp³-hybridized carbons (Fsp3) is 0.0588. The number of furan rings is 1. The van der Waals surface area contributed by atoms with Gasteiger partial charge in [0, 0.05) is 50.4 Å². The standard InChI is InChI=1S/C51H36N4O/c1-5-17-33(18-6-1)40-29-37(51-53-49(35-21-9-3-10-22-35)52-50(54-51)36-23-11-4-12-24-36)30-41(34-19-7-2-8-20-34)48(40)55-44-27-15-13-25-38(44)42-31-43-39-26-14-16-28-46(39)56-47(43)32-45(42)55/h1-29,31-32,41,49H,30H2,(H,52,53,54)/t41-,49?/m1/s1. The van der Waals surface area contributed by atoms with Gasteiger partial charge in [-0.3, -0.25) is 0 Å². The lowest BCUT2D eigenvalue weighted by Crippen LogP contribution is -2.35. The summed E-state index contributed by atoms with van der Waals surface area (Å²) in [6.07, 6.45) is 2.81. The minimum Gasteiger partial charge on any atom is -0.456 e. The Bertz CT molecular complexity index is 3060. The van der Waals surface area contributed by atoms with Gasteiger partial charge in [0.15, 0.2) is 5.84 Å². The molecule has 11 rings (SSSR count). The molecule has 0 radical (unpaired) electrons. The molecule has 1 aliphatic heterocycles. The number of nitrogens with zero attached hydrogens (tertiary/aromatic N) is 3. The van der Waals surface area contributed by atoms with Crippen molar-refractivity contribution >= 4 is 66.7 Å². The molecule has 1 N–H and O–H groups in total. The Morgan fingerprint density at radius 2 is 1.16 bits per heavy atom. The summed E-state index contributed by atoms with van der Waals surface area (Å²) >= 11 is 0. The number of nitrogens with one attached hydrogen (secondary N) is 1. The number of allylic oxidation sites excluding steroid dienone is 3. The van der Waals surface area contributed by atoms with Crippen LogP contribution in [0.25, 0.3) is 55.0 Å². The van der Waals surface area contributed by atoms with Crippen LogP contribution in [-0.2, 0) is 0 Å². The van der Waals surface area contributed by atoms with Gasteiger partial charge in [-0.1, -0.05) is 158 Å². The monoisotopic (exact) mass is 720 g/mol. The molecule has 1 aliphatic carbocycles. The van der Waals surface area contributed by atoms with E-state index in [1.807, 2.05) is 30.3 Å². The number of hydrogen-bond acceptors (Lipinski definition) is 4. The molecule has 2 atom stereocenters. The van der Waals surface area contributed by atoms with Crippen LogP contribution >= 0.6 is 0 Å². The Morgan fingerprint density at radius 1 is 0.536 bits per heavy atom. The lowest BCUT2D eigenvalue weighted by atomic mass is 9.79. The summed E-state index contributed by atoms with van der Waals surface area (Å²) < 4.78 is 9.04. The Morgan fingerprint density at radius 3 is 1.91 bits per heavy atom. The number of rotatable bonds is 6. The quantitative estimate of drug-likeness (QED) is 0.186. The molecule has 7 aromatic carbocycles. The van der Waals surface area contributed by atoms with Crippen molar-refractivity contribution in [2.75, 3.05) is 0 Å². The summed E-state index contributed by atoms with van der Waals surface area (Å²) in [6, 6.07) is 64.2. The fourth-order valence-electron chi connectivity index (χ4n) is 8.64. The molecule has 5 heteroatoms. The minimum absolute atomic E-state index is 0.0181. The van der Waals surface area contributed by atoms with E-state index in [0.29, 0.717) is 0 Å². The molecule has 0 fully saturated rings. The van der Waals surface area contributed by atoms with Gasteiger partial charge in [0.2, 0.25) is 0 Å². The summed E-state index contributed by atoms with van der Waals surface area (Å²) in [6.45, 7) is 0. The van der Waals surface area contributed by atoms with E-state index in [2.05, 4.69) is 168 Å². The van der Waals surface area contributed by atoms with E-state index in [-0.39, 0.29) is 12.1 Å². The molecule has 5 nitrogen and oxygen atoms in total. The largest absolute Gasteiger partial charge is 0.456 e. The first kappa shape index (κ1) is 32.2. The number of benzene rings is 7. The van der Waals surface area contributed by atoms with Crippen molar-refractivity contribution in [1.82, 2.24) is 9.88 Å². The lowest BCUT2D eigenvalue weighted by Gasteiger charge is -2.33. The number of aliphatic imine (C=N–C) groups is 2. The molecule has 0 saturated carbocycles. The van der Waals surface area contributed by atoms with Gasteiger partial charge in [-0.25, -0.2) is 9.98 Å². The maximum Gasteiger partial charge on any atom is 0.159 e. The maximum absolute atomic E-state index is 6.53. The highest BCUT2D eigenvalue weighted by Crippen LogP contribution is 2.48. The normalized spacial score (nSPS) is 17.2. The van der Waals surface area contributed by atoms with Crippen molar-refractivity contribution < 1.29 is 4.42 Å². The Hall–Kier alpha value is -7.24. The molecule has 2 aromatic heterocycles. The van der Waals surface area contributed by atoms with E-state index < -0.39 is 0 Å². The zero-order chi connectivity index (χ0) is 37.0. The predicted octanol–water partition coefficient (Wildman–Crippen LogP) is 12.3. The van der Waals surface area contributed by atoms with Crippen molar-refractivity contribution in [3.8, 4) is 0 Å². The van der Waals surface area contributed by atoms with Crippen LogP contribution in [0.4, 0.5) is 0 Å². The van der Waals surface area contributed by atoms with E-state index in [1.165, 1.54) is 22.0 Å². The first-order chi connectivity index (χ1) is 27.8. The molecule has 2 aliphatic rings. The lowest BCUT2D eigenvalue weighted by molar-refractivity contribution is 0.668. The number of para-hydroxylation sites is 2. The van der Waals surface area contributed by atoms with Crippen LogP contribution in [0.2, 0.25) is 0 Å². The van der Waals surface area contributed by atoms with Crippen molar-refractivity contribution in [2.45, 2.75) is 18.5 Å². The summed E-state index contributed by atoms with van der Waals surface area (Å²) in [5.41, 5.74) is 12.0. The van der Waals surface area contributed by atoms with Crippen LogP contribution in [0, 0.1) is 0 Å². The molecule has 266 valence electrons. The van der Waals surface area contributed by atoms with Gasteiger partial charge in [-0.05, 0) is 53.0 Å². The van der Waals surface area contributed by atoms with Crippen LogP contribution in [0.15, 0.2) is 208 Å². The molecule has 0 saturated heterocycles. The smallest absolute Gasteiger partial charge is 0.159 e. The Labute approximate surface area is 324 Å². The second-order valence-electron chi connectivity index (χ2n) is 14.6. The molecular formula is C51H36N4O. The third-order valence-corrected chi connectivity index (χ3v) is 11.2. The molecule has 9 aromatic rings. The Balaban J connectivity index is 1.20. The molecule has 56 heavy (non-hydrogen) atoms. The highest BCUT2D eigenvalue weighted by atomic mass is 16.3. The zero-order valence-electron chi connectivity index (χ0n) is 30.5. The summed E-state index contributed by atoms with van der Waals surface area (Å²) in [7, 11) is 0. The average Bonchev–Trinajstić information content (AvgIpc) is 3.80. The van der Waals surface area contributed by atoms with Crippen molar-refractivity contribution in [1.29, 1.82) is 0 Å². The third kappa shape index (κ3) is 5.39. The Kier molecular flexibility index (Phi) is 7.62. The van der Waals surface area contributed by atoms with Crippen molar-refractivity contribution in [3.05, 3.63) is 216 Å². The van der Waals surface area contributed by atoms with Gasteiger partial charge < -0.3 is 14.3 Å². The second kappa shape index (κ2) is 13.3. The van der Waals surface area contributed by atoms with Crippen LogP contribution in [-0.4, -0.2) is 16.2 Å². The zero-order valence-corrected chi connectivity index (χ0v) is 30.5. The van der Waals surface area contributed by atoms with E-state index in [0.717, 1.165) is 78.9 Å². The van der Waals surface area contributed by atoms with Crippen LogP contribution in [0.3, 0.4) is 0 Å². The van der Waals surface area contributed by atoms with Gasteiger partial charge in [-0.15, -0.1) is 0 Å². The predicted molar refractivity (Wildman–Crippen MR) is 231 cm³/mol. The van der Waals surface area contributed by atoms with E-state index in [9.17, 15) is 0 Å². The molecule has 0 bridgehead atoms. The van der Waals surface area contributed by atoms with E-state index in [1.54, 1.807) is 0 Å². The summed E-state index contributed by atoms with van der Waals surface area (Å²) in [5, 5.41) is 8.45. The van der Waals surface area contributed by atoms with Crippen molar-refractivity contribution in [2.24, 2.45) is 9.98 Å². The number of hydrogen-bond donors (Lipinski definition) is 1. The summed E-state index contributed by atoms with van der Waals surface area (Å²) in [4.78, 5) is 10.4. The van der Waals surface area contributed by atoms with Gasteiger partial charge in [0.05, 0.1) is 11.0 Å². The first-order valence-corrected chi connectivity index (χ1v) is 19.2. The number of amidine groups is 2. The molecule has 1 unspecified atom stereocenters. The van der Waals surface area contributed by atoms with Gasteiger partial charge in [-0.2, -0.15) is 0 Å². The number of aromatic nitrogens is 1. The molecule has 0 spiro atoms. The van der Waals surface area contributed by atoms with Crippen LogP contribution in [0.5, 0.6) is 0 Å². The average molecular weight is 721 g/mol. The highest BCUT2D eigenvalue weighted by molar-refractivity contribution is 6.20. The fourth-order valence-corrected chi connectivity index (χ4v) is 8.64. The van der Waals surface area contributed by atoms with Crippen LogP contribution < -0.4 is 5.32 Å². The van der Waals surface area contributed by atoms with E-state index >= 15 is 0 Å². The van der Waals surface area contributed by atoms with Crippen LogP contribution in [0.1, 0.15) is 40.8 Å². The third-order valence-electron chi connectivity index (χ3n) is 11.2. The summed E-state index contributed by atoms with van der Waals surface area (Å²) in [5.74, 6) is 1.54. The molecular weight excluding hydrogens is 685 g/mol. The van der Waals surface area contributed by atoms with E-state index in [4.69, 9.17) is 14.4 Å². The van der Waals surface area contributed by atoms with Gasteiger partial charge in [0.1, 0.15) is 23.2 Å². The van der Waals surface area contributed by atoms with Gasteiger partial charge >= 0.3 is 0 Å². The van der Waals surface area contributed by atoms with Gasteiger partial charge in [0.25, 0.3) is 0 Å². The molecule has 3 heterocycles. The second-order valence-corrected chi connectivity index (χ2v) is 14.6. The SMILES string of the molecule is C1=C(C2=NC(c3ccccc3)=NC(c3ccccc3)N2)C[C@H](c2ccccc2)C(n2c3ccccc3c3cc4c(cc32)oc2ccccc24)=C1c1ccccc1. The highest BCUT2D eigenvalue weighted by Gasteiger charge is 2.33. The maximum atomic E-state index is 6.53. The minimum atomic E-state index is -0.288. The molecule has 0 amide bonds. The first-order valence-electron chi connectivity index (χ1n) is 19.2.